The Morgan fingerprint density at radius 3 is 2.55 bits per heavy atom. The molecule has 22 heavy (non-hydrogen) atoms. The van der Waals surface area contributed by atoms with Crippen LogP contribution in [0.4, 0.5) is 4.39 Å². The van der Waals surface area contributed by atoms with Crippen molar-refractivity contribution in [2.24, 2.45) is 0 Å². The molecule has 1 aromatic rings. The average Bonchev–Trinajstić information content (AvgIpc) is 2.46. The van der Waals surface area contributed by atoms with Gasteiger partial charge in [-0.2, -0.15) is 0 Å². The van der Waals surface area contributed by atoms with Gasteiger partial charge in [-0.15, -0.1) is 11.8 Å². The summed E-state index contributed by atoms with van der Waals surface area (Å²) in [7, 11) is 3.28. The third-order valence-corrected chi connectivity index (χ3v) is 4.56. The number of hydrogen-bond donors (Lipinski definition) is 1. The van der Waals surface area contributed by atoms with Gasteiger partial charge in [-0.25, -0.2) is 4.39 Å². The van der Waals surface area contributed by atoms with E-state index in [-0.39, 0.29) is 27.8 Å². The second kappa shape index (κ2) is 8.39. The standard InChI is InChI=1S/C15H20ClFN2O2S/c1-9(15(21)19(3)4)18-14(20)8-22-10(2)11-5-6-13(17)12(16)7-11/h5-7,9-10H,8H2,1-4H3,(H,18,20)/t9-,10-/m1/s1. The first-order valence-corrected chi connectivity index (χ1v) is 8.22. The molecule has 0 aliphatic heterocycles. The number of nitrogens with zero attached hydrogens (tertiary/aromatic N) is 1. The summed E-state index contributed by atoms with van der Waals surface area (Å²) < 4.78 is 13.1. The number of likely N-dealkylation sites (N-methyl/N-ethyl adjacent to an activating group) is 1. The molecule has 0 saturated carbocycles. The summed E-state index contributed by atoms with van der Waals surface area (Å²) in [5.41, 5.74) is 0.849. The van der Waals surface area contributed by atoms with E-state index in [0.29, 0.717) is 0 Å². The van der Waals surface area contributed by atoms with Crippen LogP contribution in [0.3, 0.4) is 0 Å². The van der Waals surface area contributed by atoms with E-state index < -0.39 is 11.9 Å². The Kier molecular flexibility index (Phi) is 7.16. The Labute approximate surface area is 139 Å². The van der Waals surface area contributed by atoms with Gasteiger partial charge in [-0.05, 0) is 31.5 Å². The first-order chi connectivity index (χ1) is 10.2. The first-order valence-electron chi connectivity index (χ1n) is 6.79. The van der Waals surface area contributed by atoms with Gasteiger partial charge < -0.3 is 10.2 Å². The molecule has 2 amide bonds. The summed E-state index contributed by atoms with van der Waals surface area (Å²) in [5, 5.41) is 2.71. The number of benzene rings is 1. The third kappa shape index (κ3) is 5.50. The van der Waals surface area contributed by atoms with Crippen LogP contribution >= 0.6 is 23.4 Å². The second-order valence-electron chi connectivity index (χ2n) is 5.15. The van der Waals surface area contributed by atoms with Crippen molar-refractivity contribution in [1.82, 2.24) is 10.2 Å². The Balaban J connectivity index is 2.49. The quantitative estimate of drug-likeness (QED) is 0.861. The molecule has 7 heteroatoms. The van der Waals surface area contributed by atoms with Gasteiger partial charge in [0.15, 0.2) is 0 Å². The Bertz CT molecular complexity index is 554. The number of amides is 2. The van der Waals surface area contributed by atoms with Crippen LogP contribution in [-0.4, -0.2) is 42.6 Å². The predicted octanol–water partition coefficient (Wildman–Crippen LogP) is 2.87. The molecule has 0 unspecified atom stereocenters. The van der Waals surface area contributed by atoms with E-state index in [1.54, 1.807) is 33.2 Å². The number of rotatable bonds is 6. The highest BCUT2D eigenvalue weighted by molar-refractivity contribution is 8.00. The van der Waals surface area contributed by atoms with E-state index in [0.717, 1.165) is 5.56 Å². The van der Waals surface area contributed by atoms with Crippen molar-refractivity contribution in [3.05, 3.63) is 34.6 Å². The maximum absolute atomic E-state index is 13.1. The van der Waals surface area contributed by atoms with Gasteiger partial charge in [-0.3, -0.25) is 9.59 Å². The highest BCUT2D eigenvalue weighted by Gasteiger charge is 2.18. The number of carbonyl (C=O) groups excluding carboxylic acids is 2. The molecule has 0 saturated heterocycles. The first kappa shape index (κ1) is 18.8. The number of hydrogen-bond acceptors (Lipinski definition) is 3. The van der Waals surface area contributed by atoms with Gasteiger partial charge in [0.25, 0.3) is 0 Å². The van der Waals surface area contributed by atoms with Crippen LogP contribution in [0.2, 0.25) is 5.02 Å². The zero-order chi connectivity index (χ0) is 16.9. The van der Waals surface area contributed by atoms with Crippen LogP contribution in [0.5, 0.6) is 0 Å². The van der Waals surface area contributed by atoms with Gasteiger partial charge >= 0.3 is 0 Å². The lowest BCUT2D eigenvalue weighted by Gasteiger charge is -2.18. The fraction of sp³-hybridized carbons (Fsp3) is 0.467. The average molecular weight is 347 g/mol. The van der Waals surface area contributed by atoms with Gasteiger partial charge in [0.1, 0.15) is 11.9 Å². The lowest BCUT2D eigenvalue weighted by molar-refractivity contribution is -0.133. The Hall–Kier alpha value is -1.27. The Morgan fingerprint density at radius 1 is 1.36 bits per heavy atom. The molecule has 1 rings (SSSR count). The van der Waals surface area contributed by atoms with Gasteiger partial charge in [0, 0.05) is 19.3 Å². The summed E-state index contributed by atoms with van der Waals surface area (Å²) in [6.07, 6.45) is 0. The zero-order valence-corrected chi connectivity index (χ0v) is 14.6. The zero-order valence-electron chi connectivity index (χ0n) is 13.0. The molecule has 0 radical (unpaired) electrons. The summed E-state index contributed by atoms with van der Waals surface area (Å²) in [4.78, 5) is 24.9. The fourth-order valence-corrected chi connectivity index (χ4v) is 2.81. The molecule has 1 N–H and O–H groups in total. The van der Waals surface area contributed by atoms with Crippen molar-refractivity contribution in [3.63, 3.8) is 0 Å². The molecule has 0 bridgehead atoms. The summed E-state index contributed by atoms with van der Waals surface area (Å²) >= 11 is 7.14. The van der Waals surface area contributed by atoms with Crippen molar-refractivity contribution in [2.75, 3.05) is 19.8 Å². The molecule has 0 aromatic heterocycles. The predicted molar refractivity (Wildman–Crippen MR) is 88.6 cm³/mol. The molecule has 122 valence electrons. The second-order valence-corrected chi connectivity index (χ2v) is 6.88. The molecular formula is C15H20ClFN2O2S. The minimum Gasteiger partial charge on any atom is -0.347 e. The fourth-order valence-electron chi connectivity index (χ4n) is 1.79. The minimum atomic E-state index is -0.557. The molecule has 0 aliphatic rings. The summed E-state index contributed by atoms with van der Waals surface area (Å²) in [6, 6.07) is 3.96. The van der Waals surface area contributed by atoms with Crippen molar-refractivity contribution < 1.29 is 14.0 Å². The van der Waals surface area contributed by atoms with E-state index in [1.165, 1.54) is 22.7 Å². The maximum Gasteiger partial charge on any atom is 0.244 e. The molecule has 4 nitrogen and oxygen atoms in total. The SMILES string of the molecule is C[C@@H](NC(=O)CS[C@H](C)c1ccc(F)c(Cl)c1)C(=O)N(C)C. The van der Waals surface area contributed by atoms with Gasteiger partial charge in [-0.1, -0.05) is 17.7 Å². The van der Waals surface area contributed by atoms with Crippen molar-refractivity contribution in [3.8, 4) is 0 Å². The van der Waals surface area contributed by atoms with Crippen LogP contribution in [0.15, 0.2) is 18.2 Å². The van der Waals surface area contributed by atoms with Crippen LogP contribution < -0.4 is 5.32 Å². The van der Waals surface area contributed by atoms with E-state index in [2.05, 4.69) is 5.32 Å². The molecule has 1 aromatic carbocycles. The van der Waals surface area contributed by atoms with Crippen molar-refractivity contribution in [1.29, 1.82) is 0 Å². The van der Waals surface area contributed by atoms with E-state index in [4.69, 9.17) is 11.6 Å². The Morgan fingerprint density at radius 2 is 2.00 bits per heavy atom. The van der Waals surface area contributed by atoms with Crippen LogP contribution in [0, 0.1) is 5.82 Å². The maximum atomic E-state index is 13.1. The monoisotopic (exact) mass is 346 g/mol. The molecular weight excluding hydrogens is 327 g/mol. The van der Waals surface area contributed by atoms with Crippen LogP contribution in [0.1, 0.15) is 24.7 Å². The highest BCUT2D eigenvalue weighted by Crippen LogP contribution is 2.30. The molecule has 0 fully saturated rings. The van der Waals surface area contributed by atoms with Crippen molar-refractivity contribution >= 4 is 35.2 Å². The van der Waals surface area contributed by atoms with Crippen LogP contribution in [-0.2, 0) is 9.59 Å². The van der Waals surface area contributed by atoms with E-state index in [9.17, 15) is 14.0 Å². The molecule has 0 aliphatic carbocycles. The van der Waals surface area contributed by atoms with Gasteiger partial charge in [0.2, 0.25) is 11.8 Å². The topological polar surface area (TPSA) is 49.4 Å². The molecule has 0 heterocycles. The minimum absolute atomic E-state index is 0.0105. The highest BCUT2D eigenvalue weighted by atomic mass is 35.5. The summed E-state index contributed by atoms with van der Waals surface area (Å²) in [5.74, 6) is -0.623. The lowest BCUT2D eigenvalue weighted by Crippen LogP contribution is -2.44. The largest absolute Gasteiger partial charge is 0.347 e. The van der Waals surface area contributed by atoms with E-state index in [1.807, 2.05) is 6.92 Å². The van der Waals surface area contributed by atoms with E-state index >= 15 is 0 Å². The number of nitrogens with one attached hydrogen (secondary N) is 1. The number of carbonyl (C=O) groups is 2. The third-order valence-electron chi connectivity index (χ3n) is 3.07. The molecule has 2 atom stereocenters. The van der Waals surface area contributed by atoms with Crippen LogP contribution in [0.25, 0.3) is 0 Å². The van der Waals surface area contributed by atoms with Crippen molar-refractivity contribution in [2.45, 2.75) is 25.1 Å². The smallest absolute Gasteiger partial charge is 0.244 e. The molecule has 0 spiro atoms. The number of thioether (sulfide) groups is 1. The lowest BCUT2D eigenvalue weighted by atomic mass is 10.2. The normalized spacial score (nSPS) is 13.4. The van der Waals surface area contributed by atoms with Gasteiger partial charge in [0.05, 0.1) is 10.8 Å². The summed E-state index contributed by atoms with van der Waals surface area (Å²) in [6.45, 7) is 3.56. The number of halogens is 2.